The van der Waals surface area contributed by atoms with Crippen molar-refractivity contribution in [3.05, 3.63) is 40.2 Å². The van der Waals surface area contributed by atoms with Crippen LogP contribution >= 0.6 is 0 Å². The minimum absolute atomic E-state index is 0.0601. The van der Waals surface area contributed by atoms with Crippen LogP contribution in [0, 0.1) is 5.92 Å². The molecule has 2 aromatic rings. The third kappa shape index (κ3) is 4.19. The molecule has 1 aromatic carbocycles. The molecule has 0 radical (unpaired) electrons. The highest BCUT2D eigenvalue weighted by atomic mass is 19.4. The zero-order chi connectivity index (χ0) is 21.7. The Morgan fingerprint density at radius 2 is 1.83 bits per heavy atom. The van der Waals surface area contributed by atoms with E-state index < -0.39 is 66.1 Å². The number of alkyl halides is 7. The number of H-pyrrole nitrogens is 1. The van der Waals surface area contributed by atoms with E-state index in [4.69, 9.17) is 0 Å². The molecule has 0 aliphatic carbocycles. The summed E-state index contributed by atoms with van der Waals surface area (Å²) in [5.74, 6) is -2.28. The van der Waals surface area contributed by atoms with Gasteiger partial charge in [0.25, 0.3) is 0 Å². The van der Waals surface area contributed by atoms with Crippen LogP contribution in [-0.2, 0) is 6.18 Å². The van der Waals surface area contributed by atoms with Crippen molar-refractivity contribution in [3.8, 4) is 0 Å². The molecular formula is C18H17F7N2O2. The Balaban J connectivity index is 2.13. The predicted octanol–water partition coefficient (Wildman–Crippen LogP) is 4.02. The number of aromatic nitrogens is 1. The van der Waals surface area contributed by atoms with Crippen molar-refractivity contribution < 1.29 is 35.8 Å². The van der Waals surface area contributed by atoms with Gasteiger partial charge in [0.1, 0.15) is 12.1 Å². The van der Waals surface area contributed by atoms with Crippen molar-refractivity contribution in [2.24, 2.45) is 5.92 Å². The van der Waals surface area contributed by atoms with Gasteiger partial charge in [0, 0.05) is 41.7 Å². The number of nitrogens with one attached hydrogen (secondary N) is 1. The van der Waals surface area contributed by atoms with Crippen molar-refractivity contribution in [1.82, 2.24) is 4.98 Å². The lowest BCUT2D eigenvalue weighted by Crippen LogP contribution is -2.48. The van der Waals surface area contributed by atoms with Crippen molar-refractivity contribution in [1.29, 1.82) is 0 Å². The number of hydrogen-bond donors (Lipinski definition) is 2. The lowest BCUT2D eigenvalue weighted by Gasteiger charge is -2.35. The third-order valence-corrected chi connectivity index (χ3v) is 5.07. The fourth-order valence-corrected chi connectivity index (χ4v) is 3.92. The zero-order valence-electron chi connectivity index (χ0n) is 15.0. The number of benzene rings is 1. The van der Waals surface area contributed by atoms with E-state index in [0.717, 1.165) is 24.0 Å². The highest BCUT2D eigenvalue weighted by Gasteiger charge is 2.52. The van der Waals surface area contributed by atoms with Gasteiger partial charge in [-0.15, -0.1) is 0 Å². The number of aromatic amines is 1. The van der Waals surface area contributed by atoms with Crippen LogP contribution in [0.1, 0.15) is 18.9 Å². The van der Waals surface area contributed by atoms with E-state index >= 15 is 0 Å². The maximum absolute atomic E-state index is 14.0. The molecule has 1 aliphatic rings. The molecular weight excluding hydrogens is 409 g/mol. The van der Waals surface area contributed by atoms with Crippen LogP contribution < -0.4 is 10.5 Å². The number of halogens is 7. The number of aliphatic hydroxyl groups excluding tert-OH is 1. The monoisotopic (exact) mass is 426 g/mol. The number of aliphatic hydroxyl groups is 1. The maximum atomic E-state index is 14.0. The van der Waals surface area contributed by atoms with E-state index in [9.17, 15) is 40.6 Å². The Kier molecular flexibility index (Phi) is 5.31. The van der Waals surface area contributed by atoms with Gasteiger partial charge in [-0.1, -0.05) is 0 Å². The Morgan fingerprint density at radius 1 is 1.17 bits per heavy atom. The summed E-state index contributed by atoms with van der Waals surface area (Å²) >= 11 is 0. The summed E-state index contributed by atoms with van der Waals surface area (Å²) < 4.78 is 94.4. The SMILES string of the molecule is C[C@@H](O)[C@@H](C1CC(F)CN1c1ccc2[nH]c(=O)cc(C(F)(F)F)c2c1)C(F)(F)F. The Hall–Kier alpha value is -2.30. The van der Waals surface area contributed by atoms with Crippen LogP contribution in [0.25, 0.3) is 10.9 Å². The van der Waals surface area contributed by atoms with Crippen LogP contribution in [0.15, 0.2) is 29.1 Å². The second-order valence-corrected chi connectivity index (χ2v) is 7.14. The highest BCUT2D eigenvalue weighted by molar-refractivity contribution is 5.86. The van der Waals surface area contributed by atoms with Crippen LogP contribution in [-0.4, -0.2) is 41.1 Å². The number of hydrogen-bond acceptors (Lipinski definition) is 3. The standard InChI is InChI=1S/C18H17F7N2O2/c1-8(28)16(18(23,24)25)14-4-9(19)7-27(14)10-2-3-13-11(5-10)12(17(20,21)22)6-15(29)26-13/h2-3,5-6,8-9,14,16,28H,4,7H2,1H3,(H,26,29)/t8-,9?,14?,16+/m1/s1. The summed E-state index contributed by atoms with van der Waals surface area (Å²) in [6.45, 7) is 0.481. The van der Waals surface area contributed by atoms with Gasteiger partial charge in [0.05, 0.1) is 11.7 Å². The second kappa shape index (κ2) is 7.19. The van der Waals surface area contributed by atoms with Crippen molar-refractivity contribution in [3.63, 3.8) is 0 Å². The van der Waals surface area contributed by atoms with Crippen LogP contribution in [0.3, 0.4) is 0 Å². The van der Waals surface area contributed by atoms with Crippen molar-refractivity contribution >= 4 is 16.6 Å². The molecule has 3 rings (SSSR count). The predicted molar refractivity (Wildman–Crippen MR) is 91.4 cm³/mol. The molecule has 1 saturated heterocycles. The van der Waals surface area contributed by atoms with E-state index in [-0.39, 0.29) is 11.2 Å². The number of pyridine rings is 1. The summed E-state index contributed by atoms with van der Waals surface area (Å²) in [7, 11) is 0. The van der Waals surface area contributed by atoms with Gasteiger partial charge >= 0.3 is 12.4 Å². The highest BCUT2D eigenvalue weighted by Crippen LogP contribution is 2.42. The molecule has 2 heterocycles. The molecule has 0 amide bonds. The molecule has 0 saturated carbocycles. The van der Waals surface area contributed by atoms with E-state index in [1.807, 2.05) is 0 Å². The molecule has 2 unspecified atom stereocenters. The summed E-state index contributed by atoms with van der Waals surface area (Å²) in [5, 5.41) is 9.23. The lowest BCUT2D eigenvalue weighted by atomic mass is 9.91. The molecule has 2 N–H and O–H groups in total. The molecule has 1 aliphatic heterocycles. The quantitative estimate of drug-likeness (QED) is 0.729. The van der Waals surface area contributed by atoms with Gasteiger partial charge in [-0.3, -0.25) is 4.79 Å². The average Bonchev–Trinajstić information content (AvgIpc) is 2.92. The number of fused-ring (bicyclic) bond motifs is 1. The molecule has 0 spiro atoms. The van der Waals surface area contributed by atoms with Gasteiger partial charge in [0.2, 0.25) is 5.56 Å². The summed E-state index contributed by atoms with van der Waals surface area (Å²) in [5.41, 5.74) is -2.43. The number of rotatable bonds is 3. The van der Waals surface area contributed by atoms with E-state index in [0.29, 0.717) is 6.07 Å². The first-order valence-corrected chi connectivity index (χ1v) is 8.69. The van der Waals surface area contributed by atoms with E-state index in [1.165, 1.54) is 6.07 Å². The van der Waals surface area contributed by atoms with Gasteiger partial charge in [-0.2, -0.15) is 26.3 Å². The van der Waals surface area contributed by atoms with E-state index in [2.05, 4.69) is 4.98 Å². The molecule has 29 heavy (non-hydrogen) atoms. The fourth-order valence-electron chi connectivity index (χ4n) is 3.92. The largest absolute Gasteiger partial charge is 0.417 e. The van der Waals surface area contributed by atoms with Crippen LogP contribution in [0.4, 0.5) is 36.4 Å². The van der Waals surface area contributed by atoms with E-state index in [1.54, 1.807) is 0 Å². The van der Waals surface area contributed by atoms with Gasteiger partial charge in [-0.25, -0.2) is 4.39 Å². The Bertz CT molecular complexity index is 952. The van der Waals surface area contributed by atoms with Gasteiger partial charge in [0.15, 0.2) is 0 Å². The molecule has 1 aromatic heterocycles. The first-order valence-electron chi connectivity index (χ1n) is 8.69. The number of nitrogens with zero attached hydrogens (tertiary/aromatic N) is 1. The maximum Gasteiger partial charge on any atom is 0.417 e. The van der Waals surface area contributed by atoms with Crippen molar-refractivity contribution in [2.75, 3.05) is 11.4 Å². The van der Waals surface area contributed by atoms with Gasteiger partial charge < -0.3 is 15.0 Å². The van der Waals surface area contributed by atoms with Crippen LogP contribution in [0.5, 0.6) is 0 Å². The molecule has 0 bridgehead atoms. The summed E-state index contributed by atoms with van der Waals surface area (Å²) in [6, 6.07) is 2.21. The minimum Gasteiger partial charge on any atom is -0.393 e. The Labute approximate surface area is 159 Å². The van der Waals surface area contributed by atoms with Gasteiger partial charge in [-0.05, 0) is 25.1 Å². The molecule has 4 atom stereocenters. The topological polar surface area (TPSA) is 56.3 Å². The van der Waals surface area contributed by atoms with Crippen LogP contribution in [0.2, 0.25) is 0 Å². The number of anilines is 1. The normalized spacial score (nSPS) is 22.9. The van der Waals surface area contributed by atoms with Crippen molar-refractivity contribution in [2.45, 2.75) is 44.0 Å². The molecule has 11 heteroatoms. The first kappa shape index (κ1) is 21.4. The average molecular weight is 426 g/mol. The Morgan fingerprint density at radius 3 is 2.38 bits per heavy atom. The smallest absolute Gasteiger partial charge is 0.393 e. The third-order valence-electron chi connectivity index (χ3n) is 5.07. The lowest BCUT2D eigenvalue weighted by molar-refractivity contribution is -0.203. The summed E-state index contributed by atoms with van der Waals surface area (Å²) in [4.78, 5) is 14.8. The fraction of sp³-hybridized carbons (Fsp3) is 0.500. The molecule has 4 nitrogen and oxygen atoms in total. The summed E-state index contributed by atoms with van der Waals surface area (Å²) in [6.07, 6.45) is -13.7. The molecule has 1 fully saturated rings. The first-order chi connectivity index (χ1) is 13.3. The zero-order valence-corrected chi connectivity index (χ0v) is 15.0. The minimum atomic E-state index is -4.87. The second-order valence-electron chi connectivity index (χ2n) is 7.14. The molecule has 160 valence electrons.